The Bertz CT molecular complexity index is 1120. The number of benzene rings is 2. The highest BCUT2D eigenvalue weighted by molar-refractivity contribution is 6.37. The van der Waals surface area contributed by atoms with Crippen LogP contribution in [-0.2, 0) is 19.2 Å². The maximum absolute atomic E-state index is 13.5. The molecule has 3 aliphatic carbocycles. The number of nitrogens with zero attached hydrogens (tertiary/aromatic N) is 2. The Morgan fingerprint density at radius 1 is 0.531 bits per heavy atom. The molecule has 1 saturated carbocycles. The lowest BCUT2D eigenvalue weighted by molar-refractivity contribution is -0.137. The number of hydrogen-bond donors (Lipinski definition) is 0. The number of halogens is 2. The van der Waals surface area contributed by atoms with Gasteiger partial charge in [-0.2, -0.15) is 0 Å². The highest BCUT2D eigenvalue weighted by atomic mass is 35.5. The van der Waals surface area contributed by atoms with Crippen molar-refractivity contribution in [3.8, 4) is 0 Å². The Hall–Kier alpha value is -2.96. The first-order valence-electron chi connectivity index (χ1n) is 10.3. The van der Waals surface area contributed by atoms with E-state index in [-0.39, 0.29) is 23.6 Å². The van der Waals surface area contributed by atoms with Crippen molar-refractivity contribution >= 4 is 58.2 Å². The van der Waals surface area contributed by atoms with Crippen LogP contribution in [0.1, 0.15) is 0 Å². The van der Waals surface area contributed by atoms with Crippen molar-refractivity contribution in [3.63, 3.8) is 0 Å². The van der Waals surface area contributed by atoms with Gasteiger partial charge >= 0.3 is 0 Å². The van der Waals surface area contributed by atoms with E-state index in [1.165, 1.54) is 0 Å². The quantitative estimate of drug-likeness (QED) is 0.499. The molecule has 2 aromatic rings. The van der Waals surface area contributed by atoms with Gasteiger partial charge in [-0.3, -0.25) is 19.2 Å². The summed E-state index contributed by atoms with van der Waals surface area (Å²) < 4.78 is 0. The van der Waals surface area contributed by atoms with Gasteiger partial charge in [-0.05, 0) is 24.3 Å². The third kappa shape index (κ3) is 2.37. The minimum Gasteiger partial charge on any atom is -0.274 e. The van der Waals surface area contributed by atoms with Crippen LogP contribution >= 0.6 is 23.2 Å². The van der Waals surface area contributed by atoms with Gasteiger partial charge in [-0.1, -0.05) is 59.6 Å². The van der Waals surface area contributed by atoms with E-state index in [1.54, 1.807) is 48.5 Å². The van der Waals surface area contributed by atoms with Gasteiger partial charge in [0.05, 0.1) is 45.1 Å². The third-order valence-electron chi connectivity index (χ3n) is 7.20. The zero-order valence-electron chi connectivity index (χ0n) is 16.5. The Kier molecular flexibility index (Phi) is 4.17. The van der Waals surface area contributed by atoms with Crippen molar-refractivity contribution in [2.75, 3.05) is 9.80 Å². The lowest BCUT2D eigenvalue weighted by Crippen LogP contribution is -2.50. The predicted octanol–water partition coefficient (Wildman–Crippen LogP) is 3.72. The van der Waals surface area contributed by atoms with E-state index in [2.05, 4.69) is 0 Å². The lowest BCUT2D eigenvalue weighted by atomic mass is 9.54. The molecule has 4 amide bonds. The summed E-state index contributed by atoms with van der Waals surface area (Å²) >= 11 is 12.6. The van der Waals surface area contributed by atoms with Crippen molar-refractivity contribution in [2.45, 2.75) is 0 Å². The Morgan fingerprint density at radius 3 is 1.16 bits per heavy atom. The van der Waals surface area contributed by atoms with E-state index < -0.39 is 35.5 Å². The molecule has 6 nitrogen and oxygen atoms in total. The summed E-state index contributed by atoms with van der Waals surface area (Å²) in [7, 11) is 0. The zero-order valence-corrected chi connectivity index (χ0v) is 18.0. The van der Waals surface area contributed by atoms with E-state index in [9.17, 15) is 19.2 Å². The number of para-hydroxylation sites is 2. The first-order chi connectivity index (χ1) is 15.4. The van der Waals surface area contributed by atoms with Crippen LogP contribution in [0.15, 0.2) is 60.7 Å². The van der Waals surface area contributed by atoms with E-state index in [4.69, 9.17) is 23.2 Å². The summed E-state index contributed by atoms with van der Waals surface area (Å²) in [5.41, 5.74) is 0.664. The molecule has 32 heavy (non-hydrogen) atoms. The summed E-state index contributed by atoms with van der Waals surface area (Å²) in [6.07, 6.45) is 3.66. The minimum atomic E-state index is -0.696. The molecule has 2 aliphatic heterocycles. The van der Waals surface area contributed by atoms with Crippen LogP contribution in [0.2, 0.25) is 10.0 Å². The smallest absolute Gasteiger partial charge is 0.238 e. The molecule has 5 aliphatic rings. The van der Waals surface area contributed by atoms with E-state index in [0.717, 1.165) is 9.80 Å². The van der Waals surface area contributed by atoms with Crippen LogP contribution in [0.3, 0.4) is 0 Å². The maximum Gasteiger partial charge on any atom is 0.238 e. The highest BCUT2D eigenvalue weighted by Crippen LogP contribution is 2.59. The zero-order chi connectivity index (χ0) is 22.3. The standard InChI is InChI=1S/C24H16Cl2N2O4/c25-13-5-1-3-7-15(13)27-21(29)17-11-9-10-12(18(17)22(27)30)20-19(11)23(31)28(24(20)32)16-8-4-2-6-14(16)26/h1-12,17-20H/t11?,12?,17-,18-,19-,20-/m1/s1. The average Bonchev–Trinajstić information content (AvgIpc) is 3.22. The van der Waals surface area contributed by atoms with Crippen LogP contribution in [0, 0.1) is 35.5 Å². The Balaban J connectivity index is 1.43. The predicted molar refractivity (Wildman–Crippen MR) is 118 cm³/mol. The van der Waals surface area contributed by atoms with Crippen LogP contribution in [0.4, 0.5) is 11.4 Å². The van der Waals surface area contributed by atoms with Gasteiger partial charge in [0.2, 0.25) is 23.6 Å². The second-order valence-corrected chi connectivity index (χ2v) is 9.38. The number of rotatable bonds is 2. The Morgan fingerprint density at radius 2 is 0.844 bits per heavy atom. The van der Waals surface area contributed by atoms with Crippen molar-refractivity contribution in [1.82, 2.24) is 0 Å². The summed E-state index contributed by atoms with van der Waals surface area (Å²) in [5.74, 6) is -5.35. The summed E-state index contributed by atoms with van der Waals surface area (Å²) in [6, 6.07) is 13.4. The highest BCUT2D eigenvalue weighted by Gasteiger charge is 2.69. The normalized spacial score (nSPS) is 32.7. The summed E-state index contributed by atoms with van der Waals surface area (Å²) in [4.78, 5) is 56.1. The topological polar surface area (TPSA) is 74.8 Å². The third-order valence-corrected chi connectivity index (χ3v) is 7.84. The second-order valence-electron chi connectivity index (χ2n) is 8.57. The molecule has 0 N–H and O–H groups in total. The number of allylic oxidation sites excluding steroid dienone is 2. The molecule has 8 heteroatoms. The van der Waals surface area contributed by atoms with Gasteiger partial charge in [0, 0.05) is 11.8 Å². The number of carbonyl (C=O) groups excluding carboxylic acids is 4. The molecule has 7 rings (SSSR count). The van der Waals surface area contributed by atoms with Crippen LogP contribution < -0.4 is 9.80 Å². The molecular weight excluding hydrogens is 451 g/mol. The maximum atomic E-state index is 13.5. The van der Waals surface area contributed by atoms with Gasteiger partial charge in [-0.25, -0.2) is 9.80 Å². The molecular formula is C24H16Cl2N2O4. The van der Waals surface area contributed by atoms with E-state index >= 15 is 0 Å². The van der Waals surface area contributed by atoms with Crippen molar-refractivity contribution < 1.29 is 19.2 Å². The average molecular weight is 467 g/mol. The molecule has 3 fully saturated rings. The fraction of sp³-hybridized carbons (Fsp3) is 0.250. The lowest BCUT2D eigenvalue weighted by Gasteiger charge is -2.44. The number of carbonyl (C=O) groups is 4. The van der Waals surface area contributed by atoms with Gasteiger partial charge < -0.3 is 0 Å². The molecule has 0 spiro atoms. The number of amides is 4. The van der Waals surface area contributed by atoms with Gasteiger partial charge in [-0.15, -0.1) is 0 Å². The fourth-order valence-electron chi connectivity index (χ4n) is 5.97. The molecule has 2 heterocycles. The first-order valence-corrected chi connectivity index (χ1v) is 11.1. The summed E-state index contributed by atoms with van der Waals surface area (Å²) in [6.45, 7) is 0. The molecule has 2 saturated heterocycles. The molecule has 2 bridgehead atoms. The molecule has 0 aromatic heterocycles. The molecule has 2 aromatic carbocycles. The number of anilines is 2. The SMILES string of the molecule is O=C1[C@@H]2C3C=CC([C@H]2C(=O)N1c1ccccc1Cl)[C@H]1C(=O)N(c2ccccc2Cl)C(=O)[C@H]31. The van der Waals surface area contributed by atoms with Crippen LogP contribution in [0.5, 0.6) is 0 Å². The first kappa shape index (κ1) is 19.7. The van der Waals surface area contributed by atoms with Crippen molar-refractivity contribution in [3.05, 3.63) is 70.7 Å². The van der Waals surface area contributed by atoms with Gasteiger partial charge in [0.25, 0.3) is 0 Å². The van der Waals surface area contributed by atoms with Crippen LogP contribution in [0.25, 0.3) is 0 Å². The number of imide groups is 2. The molecule has 160 valence electrons. The van der Waals surface area contributed by atoms with Crippen molar-refractivity contribution in [1.29, 1.82) is 0 Å². The number of hydrogen-bond acceptors (Lipinski definition) is 4. The molecule has 0 unspecified atom stereocenters. The van der Waals surface area contributed by atoms with E-state index in [1.807, 2.05) is 12.2 Å². The molecule has 0 radical (unpaired) electrons. The monoisotopic (exact) mass is 466 g/mol. The minimum absolute atomic E-state index is 0.297. The van der Waals surface area contributed by atoms with Crippen molar-refractivity contribution in [2.24, 2.45) is 35.5 Å². The van der Waals surface area contributed by atoms with E-state index in [0.29, 0.717) is 21.4 Å². The second kappa shape index (κ2) is 6.77. The van der Waals surface area contributed by atoms with Gasteiger partial charge in [0.1, 0.15) is 0 Å². The summed E-state index contributed by atoms with van der Waals surface area (Å²) in [5, 5.41) is 0.593. The molecule has 4 atom stereocenters. The van der Waals surface area contributed by atoms with Crippen LogP contribution in [-0.4, -0.2) is 23.6 Å². The van der Waals surface area contributed by atoms with Gasteiger partial charge in [0.15, 0.2) is 0 Å². The fourth-order valence-corrected chi connectivity index (χ4v) is 6.41. The largest absolute Gasteiger partial charge is 0.274 e. The Labute approximate surface area is 193 Å².